The summed E-state index contributed by atoms with van der Waals surface area (Å²) in [4.78, 5) is 11.2. The summed E-state index contributed by atoms with van der Waals surface area (Å²) >= 11 is 0. The highest BCUT2D eigenvalue weighted by Crippen LogP contribution is 2.43. The summed E-state index contributed by atoms with van der Waals surface area (Å²) in [5, 5.41) is 0. The molecule has 16 heavy (non-hydrogen) atoms. The molecule has 2 fully saturated rings. The standard InChI is InChI=1S/C9H13FO5S/c10-16(12,13)5-7-9(4-8(11)15-7)2-1-3-14-6-9/h7H,1-6H2. The van der Waals surface area contributed by atoms with E-state index >= 15 is 0 Å². The molecule has 2 saturated heterocycles. The van der Waals surface area contributed by atoms with Gasteiger partial charge in [-0.3, -0.25) is 4.79 Å². The van der Waals surface area contributed by atoms with Gasteiger partial charge in [-0.25, -0.2) is 0 Å². The molecule has 0 aromatic carbocycles. The van der Waals surface area contributed by atoms with Crippen LogP contribution in [0.3, 0.4) is 0 Å². The Labute approximate surface area is 93.1 Å². The van der Waals surface area contributed by atoms with Gasteiger partial charge < -0.3 is 9.47 Å². The van der Waals surface area contributed by atoms with Crippen LogP contribution in [0.15, 0.2) is 0 Å². The van der Waals surface area contributed by atoms with E-state index in [4.69, 9.17) is 9.47 Å². The van der Waals surface area contributed by atoms with Gasteiger partial charge in [-0.2, -0.15) is 8.42 Å². The first-order chi connectivity index (χ1) is 7.41. The molecule has 0 radical (unpaired) electrons. The Morgan fingerprint density at radius 3 is 2.81 bits per heavy atom. The van der Waals surface area contributed by atoms with Crippen molar-refractivity contribution in [1.29, 1.82) is 0 Å². The van der Waals surface area contributed by atoms with Crippen LogP contribution >= 0.6 is 0 Å². The first kappa shape index (κ1) is 11.8. The molecule has 0 aromatic rings. The SMILES string of the molecule is O=C1CC2(CCCOC2)C(CS(=O)(=O)F)O1. The monoisotopic (exact) mass is 252 g/mol. The van der Waals surface area contributed by atoms with Gasteiger partial charge in [0.15, 0.2) is 0 Å². The van der Waals surface area contributed by atoms with E-state index in [2.05, 4.69) is 0 Å². The van der Waals surface area contributed by atoms with Crippen molar-refractivity contribution in [3.05, 3.63) is 0 Å². The van der Waals surface area contributed by atoms with E-state index in [1.165, 1.54) is 0 Å². The topological polar surface area (TPSA) is 69.7 Å². The summed E-state index contributed by atoms with van der Waals surface area (Å²) in [6.07, 6.45) is 0.585. The lowest BCUT2D eigenvalue weighted by Crippen LogP contribution is -2.42. The Bertz CT molecular complexity index is 385. The fraction of sp³-hybridized carbons (Fsp3) is 0.889. The Morgan fingerprint density at radius 1 is 1.50 bits per heavy atom. The van der Waals surface area contributed by atoms with Crippen molar-refractivity contribution < 1.29 is 26.6 Å². The number of hydrogen-bond donors (Lipinski definition) is 0. The number of ether oxygens (including phenoxy) is 2. The molecule has 2 atom stereocenters. The molecule has 0 saturated carbocycles. The van der Waals surface area contributed by atoms with Crippen molar-refractivity contribution in [3.8, 4) is 0 Å². The first-order valence-electron chi connectivity index (χ1n) is 5.11. The van der Waals surface area contributed by atoms with E-state index in [0.29, 0.717) is 13.0 Å². The third-order valence-electron chi connectivity index (χ3n) is 3.16. The largest absolute Gasteiger partial charge is 0.460 e. The van der Waals surface area contributed by atoms with Gasteiger partial charge in [0.05, 0.1) is 13.0 Å². The number of rotatable bonds is 2. The summed E-state index contributed by atoms with van der Waals surface area (Å²) < 4.78 is 44.0. The predicted molar refractivity (Wildman–Crippen MR) is 51.9 cm³/mol. The fourth-order valence-corrected chi connectivity index (χ4v) is 3.17. The number of halogens is 1. The molecule has 2 aliphatic heterocycles. The second-order valence-electron chi connectivity index (χ2n) is 4.38. The minimum atomic E-state index is -4.64. The average Bonchev–Trinajstić information content (AvgIpc) is 2.41. The Balaban J connectivity index is 2.18. The molecule has 0 aromatic heterocycles. The molecule has 7 heteroatoms. The lowest BCUT2D eigenvalue weighted by molar-refractivity contribution is -0.141. The number of carbonyl (C=O) groups is 1. The Morgan fingerprint density at radius 2 is 2.25 bits per heavy atom. The molecule has 0 bridgehead atoms. The van der Waals surface area contributed by atoms with Crippen molar-refractivity contribution in [3.63, 3.8) is 0 Å². The minimum absolute atomic E-state index is 0.118. The lowest BCUT2D eigenvalue weighted by Gasteiger charge is -2.35. The number of hydrogen-bond acceptors (Lipinski definition) is 5. The summed E-state index contributed by atoms with van der Waals surface area (Å²) in [5.74, 6) is -1.23. The highest BCUT2D eigenvalue weighted by molar-refractivity contribution is 7.86. The van der Waals surface area contributed by atoms with Crippen molar-refractivity contribution >= 4 is 16.2 Å². The van der Waals surface area contributed by atoms with Crippen LogP contribution in [0.1, 0.15) is 19.3 Å². The van der Waals surface area contributed by atoms with Crippen LogP contribution in [0.25, 0.3) is 0 Å². The smallest absolute Gasteiger partial charge is 0.306 e. The second-order valence-corrected chi connectivity index (χ2v) is 5.79. The average molecular weight is 252 g/mol. The molecule has 2 heterocycles. The quantitative estimate of drug-likeness (QED) is 0.525. The maximum Gasteiger partial charge on any atom is 0.306 e. The van der Waals surface area contributed by atoms with Gasteiger partial charge in [0.1, 0.15) is 11.9 Å². The van der Waals surface area contributed by atoms with Crippen molar-refractivity contribution in [2.45, 2.75) is 25.4 Å². The molecular formula is C9H13FO5S. The predicted octanol–water partition coefficient (Wildman–Crippen LogP) is 0.398. The van der Waals surface area contributed by atoms with Crippen LogP contribution in [0.4, 0.5) is 3.89 Å². The van der Waals surface area contributed by atoms with Crippen LogP contribution in [0, 0.1) is 5.41 Å². The zero-order valence-electron chi connectivity index (χ0n) is 8.65. The highest BCUT2D eigenvalue weighted by atomic mass is 32.3. The summed E-state index contributed by atoms with van der Waals surface area (Å²) in [6, 6.07) is 0. The van der Waals surface area contributed by atoms with Crippen molar-refractivity contribution in [2.75, 3.05) is 19.0 Å². The Kier molecular flexibility index (Phi) is 2.91. The first-order valence-corrected chi connectivity index (χ1v) is 6.66. The second kappa shape index (κ2) is 3.96. The van der Waals surface area contributed by atoms with Gasteiger partial charge >= 0.3 is 16.2 Å². The van der Waals surface area contributed by atoms with E-state index in [1.807, 2.05) is 0 Å². The molecule has 0 aliphatic carbocycles. The molecule has 0 N–H and O–H groups in total. The normalized spacial score (nSPS) is 35.3. The molecule has 92 valence electrons. The van der Waals surface area contributed by atoms with Gasteiger partial charge in [-0.05, 0) is 12.8 Å². The van der Waals surface area contributed by atoms with E-state index in [0.717, 1.165) is 6.42 Å². The van der Waals surface area contributed by atoms with Gasteiger partial charge in [0.25, 0.3) is 0 Å². The van der Waals surface area contributed by atoms with Gasteiger partial charge in [0.2, 0.25) is 0 Å². The van der Waals surface area contributed by atoms with E-state index in [9.17, 15) is 17.1 Å². The van der Waals surface area contributed by atoms with Gasteiger partial charge in [-0.1, -0.05) is 0 Å². The Hall–Kier alpha value is -0.690. The summed E-state index contributed by atoms with van der Waals surface area (Å²) in [6.45, 7) is 0.851. The van der Waals surface area contributed by atoms with Crippen LogP contribution in [0.5, 0.6) is 0 Å². The zero-order valence-corrected chi connectivity index (χ0v) is 9.46. The van der Waals surface area contributed by atoms with Crippen LogP contribution < -0.4 is 0 Å². The molecule has 1 spiro atoms. The van der Waals surface area contributed by atoms with E-state index in [-0.39, 0.29) is 13.0 Å². The third-order valence-corrected chi connectivity index (χ3v) is 3.86. The summed E-state index contributed by atoms with van der Waals surface area (Å²) in [7, 11) is -4.64. The number of esters is 1. The van der Waals surface area contributed by atoms with Gasteiger partial charge in [-0.15, -0.1) is 3.89 Å². The molecule has 5 nitrogen and oxygen atoms in total. The zero-order chi connectivity index (χ0) is 11.8. The van der Waals surface area contributed by atoms with E-state index in [1.54, 1.807) is 0 Å². The summed E-state index contributed by atoms with van der Waals surface area (Å²) in [5.41, 5.74) is -0.644. The lowest BCUT2D eigenvalue weighted by atomic mass is 9.77. The number of cyclic esters (lactones) is 1. The molecular weight excluding hydrogens is 239 g/mol. The molecule has 2 rings (SSSR count). The third kappa shape index (κ3) is 2.35. The van der Waals surface area contributed by atoms with Crippen LogP contribution in [-0.2, 0) is 24.5 Å². The fourth-order valence-electron chi connectivity index (χ4n) is 2.39. The maximum absolute atomic E-state index is 12.6. The number of carbonyl (C=O) groups excluding carboxylic acids is 1. The van der Waals surface area contributed by atoms with Crippen molar-refractivity contribution in [1.82, 2.24) is 0 Å². The maximum atomic E-state index is 12.6. The van der Waals surface area contributed by atoms with E-state index < -0.39 is 33.5 Å². The molecule has 2 aliphatic rings. The van der Waals surface area contributed by atoms with Crippen LogP contribution in [-0.4, -0.2) is 39.5 Å². The van der Waals surface area contributed by atoms with Gasteiger partial charge in [0, 0.05) is 12.0 Å². The molecule has 0 amide bonds. The minimum Gasteiger partial charge on any atom is -0.460 e. The highest BCUT2D eigenvalue weighted by Gasteiger charge is 2.51. The van der Waals surface area contributed by atoms with Crippen molar-refractivity contribution in [2.24, 2.45) is 5.41 Å². The van der Waals surface area contributed by atoms with Crippen LogP contribution in [0.2, 0.25) is 0 Å². The molecule has 2 unspecified atom stereocenters.